The summed E-state index contributed by atoms with van der Waals surface area (Å²) in [6.07, 6.45) is 4.03. The van der Waals surface area contributed by atoms with Gasteiger partial charge in [-0.3, -0.25) is 4.79 Å². The second kappa shape index (κ2) is 3.73. The molecule has 0 aliphatic heterocycles. The van der Waals surface area contributed by atoms with Gasteiger partial charge in [0.1, 0.15) is 0 Å². The van der Waals surface area contributed by atoms with E-state index in [1.54, 1.807) is 0 Å². The summed E-state index contributed by atoms with van der Waals surface area (Å²) in [5.41, 5.74) is 0.594. The molecule has 1 N–H and O–H groups in total. The Morgan fingerprint density at radius 2 is 2.12 bits per heavy atom. The zero-order valence-corrected chi connectivity index (χ0v) is 10.5. The first-order valence-corrected chi connectivity index (χ1v) is 6.21. The zero-order valence-electron chi connectivity index (χ0n) is 10.5. The monoisotopic (exact) mass is 226 g/mol. The molecule has 0 saturated heterocycles. The van der Waals surface area contributed by atoms with Crippen molar-refractivity contribution in [2.45, 2.75) is 52.6 Å². The predicted molar refractivity (Wildman–Crippen MR) is 61.2 cm³/mol. The first-order chi connectivity index (χ1) is 7.38. The predicted octanol–water partition coefficient (Wildman–Crippen LogP) is 2.69. The number of fused-ring (bicyclic) bond motifs is 2. The van der Waals surface area contributed by atoms with E-state index >= 15 is 0 Å². The van der Waals surface area contributed by atoms with Crippen LogP contribution in [0.15, 0.2) is 0 Å². The highest BCUT2D eigenvalue weighted by molar-refractivity contribution is 5.66. The van der Waals surface area contributed by atoms with Gasteiger partial charge in [-0.05, 0) is 36.0 Å². The van der Waals surface area contributed by atoms with Crippen LogP contribution in [0.4, 0.5) is 0 Å². The molecule has 0 amide bonds. The minimum absolute atomic E-state index is 0.123. The van der Waals surface area contributed by atoms with Crippen LogP contribution in [0, 0.1) is 16.7 Å². The molecule has 2 saturated carbocycles. The summed E-state index contributed by atoms with van der Waals surface area (Å²) in [4.78, 5) is 10.5. The number of aliphatic carboxylic acids is 1. The fourth-order valence-electron chi connectivity index (χ4n) is 3.67. The standard InChI is InChI=1S/C13H22O3/c1-12(2)9-4-6-13(12,3)10(8-9)16-7-5-11(14)15/h9-10H,4-8H2,1-3H3,(H,14,15). The lowest BCUT2D eigenvalue weighted by atomic mass is 9.70. The summed E-state index contributed by atoms with van der Waals surface area (Å²) < 4.78 is 5.81. The van der Waals surface area contributed by atoms with Crippen LogP contribution in [0.25, 0.3) is 0 Å². The van der Waals surface area contributed by atoms with E-state index in [4.69, 9.17) is 9.84 Å². The first kappa shape index (κ1) is 11.9. The molecule has 2 aliphatic rings. The molecule has 0 radical (unpaired) electrons. The Balaban J connectivity index is 1.96. The maximum Gasteiger partial charge on any atom is 0.305 e. The lowest BCUT2D eigenvalue weighted by molar-refractivity contribution is -0.139. The molecule has 0 aromatic carbocycles. The number of rotatable bonds is 4. The van der Waals surface area contributed by atoms with Crippen molar-refractivity contribution in [3.8, 4) is 0 Å². The highest BCUT2D eigenvalue weighted by Gasteiger charge is 2.61. The minimum Gasteiger partial charge on any atom is -0.481 e. The summed E-state index contributed by atoms with van der Waals surface area (Å²) in [6, 6.07) is 0. The van der Waals surface area contributed by atoms with Gasteiger partial charge in [0.15, 0.2) is 0 Å². The van der Waals surface area contributed by atoms with Gasteiger partial charge in [-0.1, -0.05) is 20.8 Å². The van der Waals surface area contributed by atoms with Gasteiger partial charge in [-0.25, -0.2) is 0 Å². The summed E-state index contributed by atoms with van der Waals surface area (Å²) in [6.45, 7) is 7.35. The van der Waals surface area contributed by atoms with Crippen LogP contribution in [0.2, 0.25) is 0 Å². The number of carboxylic acid groups (broad SMARTS) is 1. The molecule has 16 heavy (non-hydrogen) atoms. The summed E-state index contributed by atoms with van der Waals surface area (Å²) in [5.74, 6) is -0.0140. The Bertz CT molecular complexity index is 298. The Hall–Kier alpha value is -0.570. The Kier molecular flexibility index (Phi) is 2.77. The third-order valence-corrected chi connectivity index (χ3v) is 5.35. The number of carboxylic acids is 1. The molecule has 0 heterocycles. The number of ether oxygens (including phenoxy) is 1. The van der Waals surface area contributed by atoms with Gasteiger partial charge in [0.2, 0.25) is 0 Å². The van der Waals surface area contributed by atoms with Gasteiger partial charge in [0, 0.05) is 0 Å². The molecule has 3 heteroatoms. The van der Waals surface area contributed by atoms with E-state index in [1.807, 2.05) is 0 Å². The van der Waals surface area contributed by atoms with E-state index in [2.05, 4.69) is 20.8 Å². The molecule has 2 aliphatic carbocycles. The van der Waals surface area contributed by atoms with Crippen molar-refractivity contribution in [1.29, 1.82) is 0 Å². The molecule has 2 bridgehead atoms. The van der Waals surface area contributed by atoms with Gasteiger partial charge in [-0.15, -0.1) is 0 Å². The quantitative estimate of drug-likeness (QED) is 0.801. The van der Waals surface area contributed by atoms with Crippen LogP contribution in [-0.2, 0) is 9.53 Å². The van der Waals surface area contributed by atoms with Crippen molar-refractivity contribution in [1.82, 2.24) is 0 Å². The Morgan fingerprint density at radius 3 is 2.56 bits per heavy atom. The molecule has 3 atom stereocenters. The number of carbonyl (C=O) groups is 1. The molecule has 2 rings (SSSR count). The fraction of sp³-hybridized carbons (Fsp3) is 0.923. The minimum atomic E-state index is -0.771. The SMILES string of the molecule is CC1(C)C2CCC1(C)C(OCCC(=O)O)C2. The van der Waals surface area contributed by atoms with E-state index in [1.165, 1.54) is 12.8 Å². The molecule has 3 unspecified atom stereocenters. The Labute approximate surface area is 97.2 Å². The van der Waals surface area contributed by atoms with Crippen LogP contribution in [0.5, 0.6) is 0 Å². The van der Waals surface area contributed by atoms with Gasteiger partial charge in [0.05, 0.1) is 19.1 Å². The second-order valence-electron chi connectivity index (χ2n) is 6.11. The van der Waals surface area contributed by atoms with Crippen LogP contribution in [0.3, 0.4) is 0 Å². The maximum atomic E-state index is 10.5. The molecule has 3 nitrogen and oxygen atoms in total. The first-order valence-electron chi connectivity index (χ1n) is 6.21. The summed E-state index contributed by atoms with van der Waals surface area (Å²) in [5, 5.41) is 8.61. The molecule has 0 spiro atoms. The van der Waals surface area contributed by atoms with E-state index in [0.717, 1.165) is 12.3 Å². The van der Waals surface area contributed by atoms with Gasteiger partial charge < -0.3 is 9.84 Å². The van der Waals surface area contributed by atoms with Crippen molar-refractivity contribution in [3.63, 3.8) is 0 Å². The smallest absolute Gasteiger partial charge is 0.305 e. The molecule has 0 aromatic heterocycles. The molecule has 0 aromatic rings. The van der Waals surface area contributed by atoms with E-state index in [0.29, 0.717) is 12.0 Å². The van der Waals surface area contributed by atoms with Crippen molar-refractivity contribution in [2.24, 2.45) is 16.7 Å². The highest BCUT2D eigenvalue weighted by atomic mass is 16.5. The van der Waals surface area contributed by atoms with Crippen LogP contribution >= 0.6 is 0 Å². The van der Waals surface area contributed by atoms with Gasteiger partial charge >= 0.3 is 5.97 Å². The third kappa shape index (κ3) is 1.56. The van der Waals surface area contributed by atoms with Crippen molar-refractivity contribution < 1.29 is 14.6 Å². The van der Waals surface area contributed by atoms with Crippen molar-refractivity contribution >= 4 is 5.97 Å². The van der Waals surface area contributed by atoms with Crippen LogP contribution in [-0.4, -0.2) is 23.8 Å². The lowest BCUT2D eigenvalue weighted by Crippen LogP contribution is -2.37. The summed E-state index contributed by atoms with van der Waals surface area (Å²) >= 11 is 0. The normalized spacial score (nSPS) is 40.2. The third-order valence-electron chi connectivity index (χ3n) is 5.35. The van der Waals surface area contributed by atoms with E-state index < -0.39 is 5.97 Å². The van der Waals surface area contributed by atoms with Crippen LogP contribution < -0.4 is 0 Å². The second-order valence-corrected chi connectivity index (χ2v) is 6.11. The lowest BCUT2D eigenvalue weighted by Gasteiger charge is -2.38. The molecular formula is C13H22O3. The molecule has 92 valence electrons. The average Bonchev–Trinajstić information content (AvgIpc) is 2.49. The van der Waals surface area contributed by atoms with Crippen molar-refractivity contribution in [2.75, 3.05) is 6.61 Å². The fourth-order valence-corrected chi connectivity index (χ4v) is 3.67. The molecule has 2 fully saturated rings. The zero-order chi connectivity index (χ0) is 12.0. The number of hydrogen-bond donors (Lipinski definition) is 1. The van der Waals surface area contributed by atoms with E-state index in [9.17, 15) is 4.79 Å². The topological polar surface area (TPSA) is 46.5 Å². The average molecular weight is 226 g/mol. The summed E-state index contributed by atoms with van der Waals surface area (Å²) in [7, 11) is 0. The number of hydrogen-bond acceptors (Lipinski definition) is 2. The Morgan fingerprint density at radius 1 is 1.44 bits per heavy atom. The largest absolute Gasteiger partial charge is 0.481 e. The van der Waals surface area contributed by atoms with Gasteiger partial charge in [-0.2, -0.15) is 0 Å². The maximum absolute atomic E-state index is 10.5. The molecular weight excluding hydrogens is 204 g/mol. The van der Waals surface area contributed by atoms with Crippen LogP contribution in [0.1, 0.15) is 46.5 Å². The van der Waals surface area contributed by atoms with Gasteiger partial charge in [0.25, 0.3) is 0 Å². The highest BCUT2D eigenvalue weighted by Crippen LogP contribution is 2.66. The van der Waals surface area contributed by atoms with Crippen molar-refractivity contribution in [3.05, 3.63) is 0 Å². The van der Waals surface area contributed by atoms with E-state index in [-0.39, 0.29) is 17.9 Å².